The van der Waals surface area contributed by atoms with Gasteiger partial charge in [0, 0.05) is 43.5 Å². The molecule has 1 amide bonds. The lowest BCUT2D eigenvalue weighted by molar-refractivity contribution is -0.383. The first kappa shape index (κ1) is 23.6. The number of ether oxygens (including phenoxy) is 1. The number of non-ortho nitro benzene ring substituents is 1. The molecule has 0 spiro atoms. The van der Waals surface area contributed by atoms with Gasteiger partial charge in [0.1, 0.15) is 11.5 Å². The van der Waals surface area contributed by atoms with E-state index in [2.05, 4.69) is 10.3 Å². The molecular weight excluding hydrogens is 472 g/mol. The molecule has 0 saturated carbocycles. The van der Waals surface area contributed by atoms with Crippen LogP contribution in [-0.2, 0) is 14.8 Å². The second-order valence-electron chi connectivity index (χ2n) is 7.54. The molecule has 3 aromatic carbocycles. The molecule has 0 aliphatic rings. The summed E-state index contributed by atoms with van der Waals surface area (Å²) in [5.41, 5.74) is 0.823. The summed E-state index contributed by atoms with van der Waals surface area (Å²) in [5, 5.41) is 14.8. The van der Waals surface area contributed by atoms with Gasteiger partial charge in [0.2, 0.25) is 5.91 Å². The molecule has 1 N–H and O–H groups in total. The molecule has 178 valence electrons. The Morgan fingerprint density at radius 2 is 1.69 bits per heavy atom. The van der Waals surface area contributed by atoms with Crippen molar-refractivity contribution in [3.8, 4) is 11.5 Å². The molecule has 0 atom stereocenters. The van der Waals surface area contributed by atoms with Crippen LogP contribution in [0.2, 0.25) is 0 Å². The van der Waals surface area contributed by atoms with Crippen LogP contribution < -0.4 is 14.4 Å². The van der Waals surface area contributed by atoms with E-state index in [1.807, 2.05) is 0 Å². The van der Waals surface area contributed by atoms with Gasteiger partial charge in [0.25, 0.3) is 15.7 Å². The first-order valence-electron chi connectivity index (χ1n) is 10.3. The van der Waals surface area contributed by atoms with Gasteiger partial charge in [-0.1, -0.05) is 0 Å². The van der Waals surface area contributed by atoms with E-state index in [4.69, 9.17) is 4.74 Å². The number of nitrogens with zero attached hydrogens (tertiary/aromatic N) is 3. The van der Waals surface area contributed by atoms with Crippen molar-refractivity contribution in [1.29, 1.82) is 0 Å². The minimum Gasteiger partial charge on any atom is -0.457 e. The molecule has 4 rings (SSSR count). The Balaban J connectivity index is 1.56. The van der Waals surface area contributed by atoms with Gasteiger partial charge in [-0.2, -0.15) is 0 Å². The number of nitro groups is 1. The van der Waals surface area contributed by atoms with E-state index in [0.29, 0.717) is 33.6 Å². The van der Waals surface area contributed by atoms with Crippen LogP contribution in [0.3, 0.4) is 0 Å². The number of pyridine rings is 1. The van der Waals surface area contributed by atoms with Crippen molar-refractivity contribution in [2.75, 3.05) is 16.7 Å². The Labute approximate surface area is 201 Å². The lowest BCUT2D eigenvalue weighted by Crippen LogP contribution is -2.26. The van der Waals surface area contributed by atoms with Crippen molar-refractivity contribution in [2.24, 2.45) is 0 Å². The standard InChI is InChI=1S/C24H20N4O6S/c1-16(29)26-17-3-9-20(10-4-17)35(32,33)27(2)18-5-7-19(8-6-18)34-24-12-11-23(28(30)31)22-15-25-14-13-21(22)24/h3-15H,1-2H3,(H,26,29). The third kappa shape index (κ3) is 4.89. The van der Waals surface area contributed by atoms with E-state index in [0.717, 1.165) is 4.31 Å². The number of rotatable bonds is 7. The molecule has 1 aromatic heterocycles. The first-order chi connectivity index (χ1) is 16.7. The second kappa shape index (κ2) is 9.39. The molecule has 0 aliphatic heterocycles. The number of anilines is 2. The summed E-state index contributed by atoms with van der Waals surface area (Å²) in [5.74, 6) is 0.575. The van der Waals surface area contributed by atoms with Gasteiger partial charge in [0.15, 0.2) is 0 Å². The van der Waals surface area contributed by atoms with Crippen molar-refractivity contribution in [3.63, 3.8) is 0 Å². The van der Waals surface area contributed by atoms with Crippen LogP contribution in [0.4, 0.5) is 17.1 Å². The van der Waals surface area contributed by atoms with E-state index in [1.165, 1.54) is 62.8 Å². The Morgan fingerprint density at radius 1 is 1.00 bits per heavy atom. The topological polar surface area (TPSA) is 132 Å². The number of carbonyl (C=O) groups is 1. The van der Waals surface area contributed by atoms with Crippen LogP contribution >= 0.6 is 0 Å². The van der Waals surface area contributed by atoms with Gasteiger partial charge in [-0.3, -0.25) is 24.2 Å². The zero-order chi connectivity index (χ0) is 25.2. The summed E-state index contributed by atoms with van der Waals surface area (Å²) in [6.45, 7) is 1.37. The fourth-order valence-corrected chi connectivity index (χ4v) is 4.65. The van der Waals surface area contributed by atoms with Crippen molar-refractivity contribution < 1.29 is 22.9 Å². The van der Waals surface area contributed by atoms with Crippen molar-refractivity contribution in [1.82, 2.24) is 4.98 Å². The van der Waals surface area contributed by atoms with Gasteiger partial charge >= 0.3 is 0 Å². The van der Waals surface area contributed by atoms with Gasteiger partial charge in [-0.25, -0.2) is 8.42 Å². The molecule has 0 saturated heterocycles. The number of hydrogen-bond acceptors (Lipinski definition) is 7. The number of nitro benzene ring substituents is 1. The molecule has 0 aliphatic carbocycles. The molecule has 35 heavy (non-hydrogen) atoms. The largest absolute Gasteiger partial charge is 0.457 e. The number of nitrogens with one attached hydrogen (secondary N) is 1. The molecular formula is C24H20N4O6S. The molecule has 1 heterocycles. The molecule has 0 radical (unpaired) electrons. The molecule has 10 nitrogen and oxygen atoms in total. The van der Waals surface area contributed by atoms with E-state index >= 15 is 0 Å². The van der Waals surface area contributed by atoms with Gasteiger partial charge in [-0.15, -0.1) is 0 Å². The van der Waals surface area contributed by atoms with Crippen molar-refractivity contribution in [2.45, 2.75) is 11.8 Å². The van der Waals surface area contributed by atoms with E-state index in [-0.39, 0.29) is 16.5 Å². The summed E-state index contributed by atoms with van der Waals surface area (Å²) >= 11 is 0. The van der Waals surface area contributed by atoms with Crippen molar-refractivity contribution >= 4 is 43.8 Å². The highest BCUT2D eigenvalue weighted by molar-refractivity contribution is 7.92. The number of sulfonamides is 1. The predicted octanol–water partition coefficient (Wildman–Crippen LogP) is 4.72. The summed E-state index contributed by atoms with van der Waals surface area (Å²) in [7, 11) is -2.41. The molecule has 0 bridgehead atoms. The quantitative estimate of drug-likeness (QED) is 0.292. The Kier molecular flexibility index (Phi) is 6.34. The maximum absolute atomic E-state index is 13.0. The van der Waals surface area contributed by atoms with E-state index in [9.17, 15) is 23.3 Å². The summed E-state index contributed by atoms with van der Waals surface area (Å²) in [4.78, 5) is 26.0. The normalized spacial score (nSPS) is 11.1. The molecule has 0 unspecified atom stereocenters. The maximum Gasteiger partial charge on any atom is 0.279 e. The van der Waals surface area contributed by atoms with Gasteiger partial charge in [0.05, 0.1) is 20.9 Å². The third-order valence-electron chi connectivity index (χ3n) is 5.21. The van der Waals surface area contributed by atoms with E-state index in [1.54, 1.807) is 30.3 Å². The average molecular weight is 493 g/mol. The molecule has 4 aromatic rings. The summed E-state index contributed by atoms with van der Waals surface area (Å²) in [6, 6.07) is 16.8. The highest BCUT2D eigenvalue weighted by Gasteiger charge is 2.21. The number of amides is 1. The zero-order valence-corrected chi connectivity index (χ0v) is 19.5. The minimum absolute atomic E-state index is 0.0698. The van der Waals surface area contributed by atoms with Gasteiger partial charge in [-0.05, 0) is 60.7 Å². The smallest absolute Gasteiger partial charge is 0.279 e. The number of aromatic nitrogens is 1. The SMILES string of the molecule is CC(=O)Nc1ccc(S(=O)(=O)N(C)c2ccc(Oc3ccc([N+](=O)[O-])c4cnccc34)cc2)cc1. The number of carbonyl (C=O) groups excluding carboxylic acids is 1. The Bertz CT molecular complexity index is 1520. The summed E-state index contributed by atoms with van der Waals surface area (Å²) in [6.07, 6.45) is 2.93. The van der Waals surface area contributed by atoms with Gasteiger partial charge < -0.3 is 10.1 Å². The van der Waals surface area contributed by atoms with Crippen LogP contribution in [0.25, 0.3) is 10.8 Å². The van der Waals surface area contributed by atoms with Crippen LogP contribution in [-0.4, -0.2) is 31.3 Å². The zero-order valence-electron chi connectivity index (χ0n) is 18.7. The lowest BCUT2D eigenvalue weighted by Gasteiger charge is -2.20. The number of hydrogen-bond donors (Lipinski definition) is 1. The third-order valence-corrected chi connectivity index (χ3v) is 7.01. The highest BCUT2D eigenvalue weighted by atomic mass is 32.2. The van der Waals surface area contributed by atoms with E-state index < -0.39 is 14.9 Å². The Morgan fingerprint density at radius 3 is 2.31 bits per heavy atom. The second-order valence-corrected chi connectivity index (χ2v) is 9.50. The van der Waals surface area contributed by atoms with Crippen LogP contribution in [0, 0.1) is 10.1 Å². The number of fused-ring (bicyclic) bond motifs is 1. The van der Waals surface area contributed by atoms with Crippen LogP contribution in [0.5, 0.6) is 11.5 Å². The molecule has 0 fully saturated rings. The molecule has 11 heteroatoms. The minimum atomic E-state index is -3.84. The van der Waals surface area contributed by atoms with Crippen LogP contribution in [0.15, 0.2) is 84.0 Å². The fraction of sp³-hybridized carbons (Fsp3) is 0.0833. The predicted molar refractivity (Wildman–Crippen MR) is 131 cm³/mol. The monoisotopic (exact) mass is 492 g/mol. The highest BCUT2D eigenvalue weighted by Crippen LogP contribution is 2.35. The van der Waals surface area contributed by atoms with Crippen LogP contribution in [0.1, 0.15) is 6.92 Å². The van der Waals surface area contributed by atoms with Crippen molar-refractivity contribution in [3.05, 3.63) is 89.2 Å². The maximum atomic E-state index is 13.0. The number of benzene rings is 3. The average Bonchev–Trinajstić information content (AvgIpc) is 2.84. The Hall–Kier alpha value is -4.51. The summed E-state index contributed by atoms with van der Waals surface area (Å²) < 4.78 is 33.1. The fourth-order valence-electron chi connectivity index (χ4n) is 3.46. The first-order valence-corrected chi connectivity index (χ1v) is 11.8. The lowest BCUT2D eigenvalue weighted by atomic mass is 10.1.